The zero-order valence-electron chi connectivity index (χ0n) is 35.1. The average Bonchev–Trinajstić information content (AvgIpc) is 3.75. The molecule has 1 saturated heterocycles. The fourth-order valence-corrected chi connectivity index (χ4v) is 8.61. The van der Waals surface area contributed by atoms with Crippen LogP contribution in [0, 0.1) is 5.92 Å². The number of hydrogen-bond donors (Lipinski definition) is 3. The van der Waals surface area contributed by atoms with Gasteiger partial charge in [0.05, 0.1) is 29.8 Å². The molecule has 2 fully saturated rings. The number of methoxy groups -OCH3 is 1. The van der Waals surface area contributed by atoms with Crippen LogP contribution in [0.3, 0.4) is 0 Å². The Morgan fingerprint density at radius 3 is 2.32 bits per heavy atom. The van der Waals surface area contributed by atoms with E-state index in [9.17, 15) is 27.6 Å². The number of nitrogens with one attached hydrogen (secondary N) is 2. The van der Waals surface area contributed by atoms with Crippen molar-refractivity contribution in [2.24, 2.45) is 11.7 Å². The second kappa shape index (κ2) is 18.2. The van der Waals surface area contributed by atoms with E-state index in [2.05, 4.69) is 17.2 Å². The number of pyridine rings is 1. The average molecular weight is 867 g/mol. The molecule has 5 amide bonds. The molecule has 1 aliphatic carbocycles. The number of benzene rings is 3. The molecule has 1 aromatic heterocycles. The summed E-state index contributed by atoms with van der Waals surface area (Å²) in [6.07, 6.45) is 1.81. The number of nitrogens with two attached hydrogens (primary N) is 1. The summed E-state index contributed by atoms with van der Waals surface area (Å²) in [7, 11) is -3.40. The summed E-state index contributed by atoms with van der Waals surface area (Å²) in [5, 5.41) is 5.62. The lowest BCUT2D eigenvalue weighted by Gasteiger charge is -2.32. The number of imide groups is 1. The van der Waals surface area contributed by atoms with Crippen molar-refractivity contribution in [3.05, 3.63) is 110 Å². The molecule has 5 atom stereocenters. The van der Waals surface area contributed by atoms with E-state index in [1.807, 2.05) is 30.3 Å². The van der Waals surface area contributed by atoms with Crippen LogP contribution in [-0.2, 0) is 33.9 Å². The summed E-state index contributed by atoms with van der Waals surface area (Å²) in [4.78, 5) is 75.5. The van der Waals surface area contributed by atoms with Gasteiger partial charge in [-0.25, -0.2) is 18.2 Å². The molecule has 1 unspecified atom stereocenters. The van der Waals surface area contributed by atoms with E-state index in [-0.39, 0.29) is 28.6 Å². The molecule has 3 aromatic carbocycles. The monoisotopic (exact) mass is 866 g/mol. The minimum absolute atomic E-state index is 0.0277. The molecule has 0 radical (unpaired) electrons. The first-order valence-corrected chi connectivity index (χ1v) is 21.4. The summed E-state index contributed by atoms with van der Waals surface area (Å²) in [6, 6.07) is 19.9. The third-order valence-electron chi connectivity index (χ3n) is 10.4. The molecular formula is C45H50N6O10S. The number of amides is 5. The number of rotatable bonds is 14. The van der Waals surface area contributed by atoms with Gasteiger partial charge in [-0.1, -0.05) is 60.7 Å². The highest BCUT2D eigenvalue weighted by molar-refractivity contribution is 7.90. The standard InChI is InChI=1S/C45H50N6O10S/c1-7-15-39(52)47-26-36(49-43(56)61-44(3,4)5)40(53)50-27-31(60-38-24-34(28-16-11-9-12-17-28)48-35-22-30(59-6)20-21-33(35)38)23-37(50)41(54)51(42(55)45(46)25-29(45)8-2)62(57,58)32-18-13-10-14-19-32/h7-22,24,29,31,36-37H,2,23,25-27,46H2,1,3-6H3,(H,47,52)(H,49,56)/t29-,31?,36+,37+,45-/m1/s1. The van der Waals surface area contributed by atoms with Gasteiger partial charge in [0.25, 0.3) is 21.8 Å². The number of carbonyl (C=O) groups excluding carboxylic acids is 5. The topological polar surface area (TPSA) is 217 Å². The minimum Gasteiger partial charge on any atom is -0.497 e. The zero-order valence-corrected chi connectivity index (χ0v) is 35.9. The molecule has 2 aliphatic rings. The van der Waals surface area contributed by atoms with Gasteiger partial charge < -0.3 is 35.5 Å². The van der Waals surface area contributed by atoms with Crippen LogP contribution < -0.4 is 25.8 Å². The number of aromatic nitrogens is 1. The Morgan fingerprint density at radius 2 is 1.71 bits per heavy atom. The molecule has 6 rings (SSSR count). The van der Waals surface area contributed by atoms with Crippen LogP contribution in [0.15, 0.2) is 115 Å². The highest BCUT2D eigenvalue weighted by Gasteiger charge is 2.61. The summed E-state index contributed by atoms with van der Waals surface area (Å²) >= 11 is 0. The number of fused-ring (bicyclic) bond motifs is 1. The van der Waals surface area contributed by atoms with Crippen molar-refractivity contribution in [1.29, 1.82) is 0 Å². The number of allylic oxidation sites excluding steroid dienone is 1. The zero-order chi connectivity index (χ0) is 45.0. The Hall–Kier alpha value is -6.59. The molecule has 1 saturated carbocycles. The fraction of sp³-hybridized carbons (Fsp3) is 0.333. The molecule has 2 heterocycles. The first-order chi connectivity index (χ1) is 29.4. The number of hydrogen-bond acceptors (Lipinski definition) is 12. The quantitative estimate of drug-likeness (QED) is 0.0908. The van der Waals surface area contributed by atoms with Crippen LogP contribution in [0.25, 0.3) is 22.2 Å². The maximum atomic E-state index is 15.1. The molecule has 62 heavy (non-hydrogen) atoms. The number of ether oxygens (including phenoxy) is 3. The molecule has 0 bridgehead atoms. The van der Waals surface area contributed by atoms with Gasteiger partial charge in [0.15, 0.2) is 0 Å². The van der Waals surface area contributed by atoms with Gasteiger partial charge in [0, 0.05) is 42.0 Å². The minimum atomic E-state index is -4.93. The van der Waals surface area contributed by atoms with Crippen LogP contribution in [0.4, 0.5) is 4.79 Å². The number of sulfonamides is 1. The number of likely N-dealkylation sites (tertiary alicyclic amines) is 1. The number of carbonyl (C=O) groups is 5. The van der Waals surface area contributed by atoms with Crippen molar-refractivity contribution < 1.29 is 46.6 Å². The summed E-state index contributed by atoms with van der Waals surface area (Å²) in [5.41, 5.74) is 5.52. The summed E-state index contributed by atoms with van der Waals surface area (Å²) in [6.45, 7) is 9.40. The third-order valence-corrected chi connectivity index (χ3v) is 12.1. The predicted octanol–water partition coefficient (Wildman–Crippen LogP) is 4.49. The largest absolute Gasteiger partial charge is 0.497 e. The first-order valence-electron chi connectivity index (χ1n) is 19.9. The fourth-order valence-electron chi connectivity index (χ4n) is 7.16. The lowest BCUT2D eigenvalue weighted by atomic mass is 10.1. The second-order valence-corrected chi connectivity index (χ2v) is 17.8. The highest BCUT2D eigenvalue weighted by atomic mass is 32.2. The van der Waals surface area contributed by atoms with Crippen molar-refractivity contribution in [2.75, 3.05) is 20.2 Å². The van der Waals surface area contributed by atoms with Gasteiger partial charge in [0.2, 0.25) is 11.8 Å². The summed E-state index contributed by atoms with van der Waals surface area (Å²) < 4.78 is 46.6. The smallest absolute Gasteiger partial charge is 0.408 e. The lowest BCUT2D eigenvalue weighted by Crippen LogP contribution is -2.60. The van der Waals surface area contributed by atoms with E-state index in [0.717, 1.165) is 10.5 Å². The third kappa shape index (κ3) is 9.79. The van der Waals surface area contributed by atoms with Gasteiger partial charge in [-0.15, -0.1) is 6.58 Å². The van der Waals surface area contributed by atoms with Crippen LogP contribution in [0.5, 0.6) is 11.5 Å². The van der Waals surface area contributed by atoms with E-state index in [1.54, 1.807) is 58.0 Å². The SMILES string of the molecule is C=C[C@@H]1C[C@]1(N)C(=O)N(C(=O)[C@@H]1CC(Oc2cc(-c3ccccc3)nc3cc(OC)ccc23)CN1C(=O)[C@H](CNC(=O)C=CC)NC(=O)OC(C)(C)C)S(=O)(=O)c1ccccc1. The van der Waals surface area contributed by atoms with Crippen LogP contribution in [0.1, 0.15) is 40.5 Å². The summed E-state index contributed by atoms with van der Waals surface area (Å²) in [5.74, 6) is -3.74. The molecule has 4 aromatic rings. The highest BCUT2D eigenvalue weighted by Crippen LogP contribution is 2.45. The van der Waals surface area contributed by atoms with E-state index in [0.29, 0.717) is 28.1 Å². The van der Waals surface area contributed by atoms with E-state index < -0.39 is 81.5 Å². The number of nitrogens with zero attached hydrogens (tertiary/aromatic N) is 3. The van der Waals surface area contributed by atoms with Crippen LogP contribution in [-0.4, -0.2) is 102 Å². The van der Waals surface area contributed by atoms with Crippen molar-refractivity contribution in [3.8, 4) is 22.8 Å². The maximum absolute atomic E-state index is 15.1. The van der Waals surface area contributed by atoms with Crippen molar-refractivity contribution in [2.45, 2.75) is 74.8 Å². The van der Waals surface area contributed by atoms with Gasteiger partial charge >= 0.3 is 6.09 Å². The van der Waals surface area contributed by atoms with E-state index in [4.69, 9.17) is 24.9 Å². The Morgan fingerprint density at radius 1 is 1.03 bits per heavy atom. The van der Waals surface area contributed by atoms with Gasteiger partial charge in [0.1, 0.15) is 40.8 Å². The lowest BCUT2D eigenvalue weighted by molar-refractivity contribution is -0.147. The normalized spacial score (nSPS) is 20.2. The van der Waals surface area contributed by atoms with Crippen molar-refractivity contribution >= 4 is 50.6 Å². The molecule has 17 heteroatoms. The predicted molar refractivity (Wildman–Crippen MR) is 230 cm³/mol. The van der Waals surface area contributed by atoms with E-state index >= 15 is 4.79 Å². The number of alkyl carbamates (subject to hydrolysis) is 1. The van der Waals surface area contributed by atoms with Crippen LogP contribution in [0.2, 0.25) is 0 Å². The van der Waals surface area contributed by atoms with E-state index in [1.165, 1.54) is 49.6 Å². The maximum Gasteiger partial charge on any atom is 0.408 e. The Balaban J connectivity index is 1.45. The van der Waals surface area contributed by atoms with Crippen LogP contribution >= 0.6 is 0 Å². The molecule has 1 aliphatic heterocycles. The van der Waals surface area contributed by atoms with Crippen molar-refractivity contribution in [1.82, 2.24) is 24.8 Å². The molecule has 4 N–H and O–H groups in total. The second-order valence-electron chi connectivity index (χ2n) is 16.0. The first kappa shape index (κ1) is 44.9. The molecule has 0 spiro atoms. The molecular weight excluding hydrogens is 817 g/mol. The van der Waals surface area contributed by atoms with Crippen molar-refractivity contribution in [3.63, 3.8) is 0 Å². The Bertz CT molecular complexity index is 2510. The Labute approximate surface area is 360 Å². The Kier molecular flexibility index (Phi) is 13.2. The van der Waals surface area contributed by atoms with Gasteiger partial charge in [-0.3, -0.25) is 19.2 Å². The van der Waals surface area contributed by atoms with Gasteiger partial charge in [-0.2, -0.15) is 4.31 Å². The van der Waals surface area contributed by atoms with Gasteiger partial charge in [-0.05, 0) is 64.5 Å². The molecule has 16 nitrogen and oxygen atoms in total. The molecule has 326 valence electrons.